The second kappa shape index (κ2) is 4.33. The molecule has 3 aromatic rings. The molecule has 0 aliphatic carbocycles. The molecule has 0 fully saturated rings. The zero-order valence-corrected chi connectivity index (χ0v) is 9.12. The highest BCUT2D eigenvalue weighted by atomic mass is 19.1. The maximum absolute atomic E-state index is 13.0. The van der Waals surface area contributed by atoms with E-state index in [2.05, 4.69) is 20.1 Å². The van der Waals surface area contributed by atoms with Crippen LogP contribution >= 0.6 is 0 Å². The second-order valence-corrected chi connectivity index (χ2v) is 3.53. The third-order valence-electron chi connectivity index (χ3n) is 2.27. The number of nitrogens with zero attached hydrogens (tertiary/aromatic N) is 4. The highest BCUT2D eigenvalue weighted by Gasteiger charge is 2.11. The molecule has 5 nitrogen and oxygen atoms in total. The molecule has 0 amide bonds. The van der Waals surface area contributed by atoms with Crippen molar-refractivity contribution in [1.82, 2.24) is 20.1 Å². The molecule has 0 aliphatic heterocycles. The van der Waals surface area contributed by atoms with Gasteiger partial charge in [0.25, 0.3) is 5.89 Å². The van der Waals surface area contributed by atoms with Crippen LogP contribution in [-0.4, -0.2) is 20.1 Å². The molecule has 0 N–H and O–H groups in total. The summed E-state index contributed by atoms with van der Waals surface area (Å²) in [6.45, 7) is 0. The molecule has 6 heteroatoms. The van der Waals surface area contributed by atoms with Crippen molar-refractivity contribution in [2.45, 2.75) is 0 Å². The van der Waals surface area contributed by atoms with E-state index in [-0.39, 0.29) is 5.89 Å². The van der Waals surface area contributed by atoms with Crippen LogP contribution in [-0.2, 0) is 0 Å². The van der Waals surface area contributed by atoms with Gasteiger partial charge in [-0.2, -0.15) is 4.98 Å². The fourth-order valence-corrected chi connectivity index (χ4v) is 1.47. The first-order valence-corrected chi connectivity index (χ1v) is 5.19. The van der Waals surface area contributed by atoms with Crippen molar-refractivity contribution in [3.05, 3.63) is 48.7 Å². The van der Waals surface area contributed by atoms with Gasteiger partial charge in [0.1, 0.15) is 11.5 Å². The van der Waals surface area contributed by atoms with Crippen molar-refractivity contribution in [1.29, 1.82) is 0 Å². The summed E-state index contributed by atoms with van der Waals surface area (Å²) in [5.74, 6) is 0.114. The van der Waals surface area contributed by atoms with E-state index in [4.69, 9.17) is 4.52 Å². The molecule has 18 heavy (non-hydrogen) atoms. The molecule has 0 bridgehead atoms. The Morgan fingerprint density at radius 1 is 1.17 bits per heavy atom. The summed E-state index contributed by atoms with van der Waals surface area (Å²) < 4.78 is 18.1. The van der Waals surface area contributed by atoms with Crippen molar-refractivity contribution in [2.24, 2.45) is 0 Å². The molecular formula is C12H7FN4O. The first-order valence-electron chi connectivity index (χ1n) is 5.19. The van der Waals surface area contributed by atoms with E-state index in [1.165, 1.54) is 12.3 Å². The smallest absolute Gasteiger partial charge is 0.259 e. The fraction of sp³-hybridized carbons (Fsp3) is 0. The van der Waals surface area contributed by atoms with E-state index < -0.39 is 5.82 Å². The molecule has 3 rings (SSSR count). The van der Waals surface area contributed by atoms with Crippen LogP contribution in [0.25, 0.3) is 23.0 Å². The van der Waals surface area contributed by atoms with Gasteiger partial charge in [0, 0.05) is 12.4 Å². The standard InChI is InChI=1S/C12H7FN4O/c13-9-5-8(6-14-7-9)12-16-11(17-18-12)10-3-1-2-4-15-10/h1-7H. The average molecular weight is 242 g/mol. The Balaban J connectivity index is 2.00. The minimum Gasteiger partial charge on any atom is -0.333 e. The second-order valence-electron chi connectivity index (χ2n) is 3.53. The highest BCUT2D eigenvalue weighted by molar-refractivity contribution is 5.56. The maximum Gasteiger partial charge on any atom is 0.259 e. The molecule has 0 saturated carbocycles. The van der Waals surface area contributed by atoms with Gasteiger partial charge in [0.2, 0.25) is 5.82 Å². The van der Waals surface area contributed by atoms with E-state index in [0.29, 0.717) is 17.1 Å². The zero-order chi connectivity index (χ0) is 12.4. The van der Waals surface area contributed by atoms with Gasteiger partial charge < -0.3 is 4.52 Å². The van der Waals surface area contributed by atoms with Gasteiger partial charge in [-0.25, -0.2) is 4.39 Å². The van der Waals surface area contributed by atoms with E-state index in [0.717, 1.165) is 6.20 Å². The Hall–Kier alpha value is -2.63. The van der Waals surface area contributed by atoms with Gasteiger partial charge in [0.05, 0.1) is 11.8 Å². The van der Waals surface area contributed by atoms with Crippen molar-refractivity contribution < 1.29 is 8.91 Å². The molecule has 0 aliphatic rings. The molecule has 0 unspecified atom stereocenters. The molecule has 3 aromatic heterocycles. The van der Waals surface area contributed by atoms with E-state index in [1.807, 2.05) is 6.07 Å². The van der Waals surface area contributed by atoms with Crippen molar-refractivity contribution in [3.8, 4) is 23.0 Å². The number of aromatic nitrogens is 4. The number of hydrogen-bond donors (Lipinski definition) is 0. The van der Waals surface area contributed by atoms with Crippen LogP contribution in [0.2, 0.25) is 0 Å². The lowest BCUT2D eigenvalue weighted by Crippen LogP contribution is -1.85. The first kappa shape index (κ1) is 10.5. The summed E-state index contributed by atoms with van der Waals surface area (Å²) >= 11 is 0. The molecule has 0 radical (unpaired) electrons. The van der Waals surface area contributed by atoms with Gasteiger partial charge >= 0.3 is 0 Å². The predicted molar refractivity (Wildman–Crippen MR) is 60.7 cm³/mol. The van der Waals surface area contributed by atoms with Crippen LogP contribution in [0.15, 0.2) is 47.4 Å². The van der Waals surface area contributed by atoms with Crippen molar-refractivity contribution >= 4 is 0 Å². The average Bonchev–Trinajstić information content (AvgIpc) is 2.89. The Labute approximate surface area is 101 Å². The monoisotopic (exact) mass is 242 g/mol. The van der Waals surface area contributed by atoms with Crippen LogP contribution in [0.4, 0.5) is 4.39 Å². The first-order chi connectivity index (χ1) is 8.83. The molecule has 0 atom stereocenters. The van der Waals surface area contributed by atoms with Crippen LogP contribution < -0.4 is 0 Å². The predicted octanol–water partition coefficient (Wildman–Crippen LogP) is 2.33. The Morgan fingerprint density at radius 3 is 2.89 bits per heavy atom. The van der Waals surface area contributed by atoms with Gasteiger partial charge in [-0.1, -0.05) is 11.2 Å². The van der Waals surface area contributed by atoms with Gasteiger partial charge in [-0.15, -0.1) is 0 Å². The molecule has 0 aromatic carbocycles. The maximum atomic E-state index is 13.0. The molecule has 3 heterocycles. The van der Waals surface area contributed by atoms with Crippen molar-refractivity contribution in [3.63, 3.8) is 0 Å². The Morgan fingerprint density at radius 2 is 2.11 bits per heavy atom. The number of pyridine rings is 2. The summed E-state index contributed by atoms with van der Waals surface area (Å²) in [7, 11) is 0. The lowest BCUT2D eigenvalue weighted by molar-refractivity contribution is 0.431. The van der Waals surface area contributed by atoms with Crippen LogP contribution in [0.1, 0.15) is 0 Å². The number of rotatable bonds is 2. The van der Waals surface area contributed by atoms with E-state index >= 15 is 0 Å². The molecule has 0 spiro atoms. The van der Waals surface area contributed by atoms with Crippen LogP contribution in [0, 0.1) is 5.82 Å². The highest BCUT2D eigenvalue weighted by Crippen LogP contribution is 2.20. The number of halogens is 1. The topological polar surface area (TPSA) is 64.7 Å². The van der Waals surface area contributed by atoms with Crippen LogP contribution in [0.3, 0.4) is 0 Å². The minimum absolute atomic E-state index is 0.211. The minimum atomic E-state index is -0.454. The third-order valence-corrected chi connectivity index (χ3v) is 2.27. The Kier molecular flexibility index (Phi) is 2.53. The Bertz CT molecular complexity index is 669. The van der Waals surface area contributed by atoms with Gasteiger partial charge in [0.15, 0.2) is 0 Å². The lowest BCUT2D eigenvalue weighted by Gasteiger charge is -1.92. The van der Waals surface area contributed by atoms with Crippen LogP contribution in [0.5, 0.6) is 0 Å². The van der Waals surface area contributed by atoms with Gasteiger partial charge in [-0.3, -0.25) is 9.97 Å². The fourth-order valence-electron chi connectivity index (χ4n) is 1.47. The zero-order valence-electron chi connectivity index (χ0n) is 9.12. The quantitative estimate of drug-likeness (QED) is 0.690. The summed E-state index contributed by atoms with van der Waals surface area (Å²) in [6, 6.07) is 6.66. The largest absolute Gasteiger partial charge is 0.333 e. The van der Waals surface area contributed by atoms with E-state index in [9.17, 15) is 4.39 Å². The van der Waals surface area contributed by atoms with Gasteiger partial charge in [-0.05, 0) is 18.2 Å². The SMILES string of the molecule is Fc1cncc(-c2nc(-c3ccccn3)no2)c1. The van der Waals surface area contributed by atoms with Crippen molar-refractivity contribution in [2.75, 3.05) is 0 Å². The van der Waals surface area contributed by atoms with E-state index in [1.54, 1.807) is 18.3 Å². The number of hydrogen-bond acceptors (Lipinski definition) is 5. The summed E-state index contributed by atoms with van der Waals surface area (Å²) in [6.07, 6.45) is 4.20. The normalized spacial score (nSPS) is 10.5. The summed E-state index contributed by atoms with van der Waals surface area (Å²) in [4.78, 5) is 12.0. The molecule has 0 saturated heterocycles. The molecular weight excluding hydrogens is 235 g/mol. The summed E-state index contributed by atoms with van der Waals surface area (Å²) in [5, 5.41) is 3.79. The molecule has 88 valence electrons. The summed E-state index contributed by atoms with van der Waals surface area (Å²) in [5.41, 5.74) is 1.03. The third kappa shape index (κ3) is 1.95. The lowest BCUT2D eigenvalue weighted by atomic mass is 10.3.